The Labute approximate surface area is 164 Å². The van der Waals surface area contributed by atoms with Crippen molar-refractivity contribution in [2.75, 3.05) is 26.2 Å². The van der Waals surface area contributed by atoms with Crippen LogP contribution in [0.2, 0.25) is 0 Å². The first-order valence-corrected chi connectivity index (χ1v) is 9.29. The highest BCUT2D eigenvalue weighted by Crippen LogP contribution is 2.33. The van der Waals surface area contributed by atoms with E-state index in [1.165, 1.54) is 11.1 Å². The fourth-order valence-electron chi connectivity index (χ4n) is 3.06. The van der Waals surface area contributed by atoms with Crippen LogP contribution >= 0.6 is 12.4 Å². The molecule has 2 atom stereocenters. The van der Waals surface area contributed by atoms with Crippen molar-refractivity contribution in [1.29, 1.82) is 0 Å². The summed E-state index contributed by atoms with van der Waals surface area (Å²) < 4.78 is 5.86. The molecule has 4 heteroatoms. The van der Waals surface area contributed by atoms with E-state index in [0.29, 0.717) is 17.6 Å². The molecular formula is C22H32ClNO2. The number of phenols is 1. The topological polar surface area (TPSA) is 32.7 Å². The summed E-state index contributed by atoms with van der Waals surface area (Å²) in [5, 5.41) is 9.44. The van der Waals surface area contributed by atoms with Crippen LogP contribution in [-0.4, -0.2) is 36.2 Å². The zero-order valence-electron chi connectivity index (χ0n) is 16.3. The van der Waals surface area contributed by atoms with Crippen LogP contribution in [0.3, 0.4) is 0 Å². The highest BCUT2D eigenvalue weighted by molar-refractivity contribution is 5.85. The first-order chi connectivity index (χ1) is 12.0. The number of benzene rings is 2. The molecule has 0 aliphatic rings. The number of ether oxygens (including phenoxy) is 1. The van der Waals surface area contributed by atoms with Gasteiger partial charge in [-0.2, -0.15) is 0 Å². The van der Waals surface area contributed by atoms with Gasteiger partial charge in [-0.05, 0) is 60.3 Å². The Morgan fingerprint density at radius 2 is 1.31 bits per heavy atom. The van der Waals surface area contributed by atoms with E-state index in [0.717, 1.165) is 32.0 Å². The number of phenolic OH excluding ortho intramolecular Hbond substituents is 1. The molecule has 0 heterocycles. The zero-order chi connectivity index (χ0) is 18.2. The number of likely N-dealkylation sites (N-methyl/N-ethyl adjacent to an activating group) is 1. The molecule has 26 heavy (non-hydrogen) atoms. The molecule has 3 nitrogen and oxygen atoms in total. The molecule has 2 rings (SSSR count). The minimum absolute atomic E-state index is 0. The lowest BCUT2D eigenvalue weighted by molar-refractivity contribution is 0.223. The van der Waals surface area contributed by atoms with Crippen LogP contribution in [0.4, 0.5) is 0 Å². The Hall–Kier alpha value is -1.71. The maximum Gasteiger partial charge on any atom is 0.119 e. The number of aromatic hydroxyl groups is 1. The van der Waals surface area contributed by atoms with E-state index in [4.69, 9.17) is 4.74 Å². The first-order valence-electron chi connectivity index (χ1n) is 9.29. The molecule has 0 aliphatic carbocycles. The summed E-state index contributed by atoms with van der Waals surface area (Å²) in [6.45, 7) is 12.6. The Morgan fingerprint density at radius 1 is 0.846 bits per heavy atom. The van der Waals surface area contributed by atoms with E-state index < -0.39 is 0 Å². The van der Waals surface area contributed by atoms with E-state index >= 15 is 0 Å². The summed E-state index contributed by atoms with van der Waals surface area (Å²) >= 11 is 0. The number of nitrogens with zero attached hydrogens (tertiary/aromatic N) is 1. The maximum atomic E-state index is 9.44. The summed E-state index contributed by atoms with van der Waals surface area (Å²) in [7, 11) is 0. The van der Waals surface area contributed by atoms with Gasteiger partial charge in [0.1, 0.15) is 18.1 Å². The van der Waals surface area contributed by atoms with Crippen LogP contribution in [0.25, 0.3) is 0 Å². The largest absolute Gasteiger partial charge is 0.508 e. The van der Waals surface area contributed by atoms with Gasteiger partial charge in [0.25, 0.3) is 0 Å². The fourth-order valence-corrected chi connectivity index (χ4v) is 3.06. The molecule has 1 N–H and O–H groups in total. The minimum atomic E-state index is 0. The number of hydrogen-bond donors (Lipinski definition) is 1. The molecular weight excluding hydrogens is 346 g/mol. The van der Waals surface area contributed by atoms with Gasteiger partial charge in [-0.1, -0.05) is 52.0 Å². The molecule has 0 spiro atoms. The number of hydrogen-bond acceptors (Lipinski definition) is 3. The molecule has 2 aromatic carbocycles. The van der Waals surface area contributed by atoms with Crippen LogP contribution in [-0.2, 0) is 0 Å². The van der Waals surface area contributed by atoms with E-state index in [2.05, 4.69) is 56.9 Å². The van der Waals surface area contributed by atoms with Crippen LogP contribution in [0.15, 0.2) is 48.5 Å². The van der Waals surface area contributed by atoms with E-state index in [-0.39, 0.29) is 12.4 Å². The molecule has 0 fully saturated rings. The standard InChI is InChI=1S/C22H31NO2.ClH/c1-5-23(6-2)15-16-25-22-13-9-20(10-14-22)18(4)17(3)19-7-11-21(24)12-8-19;/h7-14,17-18,24H,5-6,15-16H2,1-4H3;1H/t17-,18-;/m1./s1. The second-order valence-corrected chi connectivity index (χ2v) is 6.61. The zero-order valence-corrected chi connectivity index (χ0v) is 17.1. The third-order valence-electron chi connectivity index (χ3n) is 5.15. The predicted octanol–water partition coefficient (Wildman–Crippen LogP) is 5.44. The van der Waals surface area contributed by atoms with Crippen LogP contribution in [0.1, 0.15) is 50.7 Å². The van der Waals surface area contributed by atoms with Crippen molar-refractivity contribution in [3.8, 4) is 11.5 Å². The van der Waals surface area contributed by atoms with Gasteiger partial charge in [0.2, 0.25) is 0 Å². The van der Waals surface area contributed by atoms with Gasteiger partial charge in [0.15, 0.2) is 0 Å². The van der Waals surface area contributed by atoms with E-state index in [9.17, 15) is 5.11 Å². The molecule has 0 aliphatic heterocycles. The lowest BCUT2D eigenvalue weighted by atomic mass is 9.84. The smallest absolute Gasteiger partial charge is 0.119 e. The Morgan fingerprint density at radius 3 is 1.77 bits per heavy atom. The Bertz CT molecular complexity index is 624. The van der Waals surface area contributed by atoms with E-state index in [1.54, 1.807) is 12.1 Å². The molecule has 0 unspecified atom stereocenters. The van der Waals surface area contributed by atoms with Crippen molar-refractivity contribution in [3.05, 3.63) is 59.7 Å². The van der Waals surface area contributed by atoms with Crippen molar-refractivity contribution < 1.29 is 9.84 Å². The van der Waals surface area contributed by atoms with Crippen molar-refractivity contribution in [2.24, 2.45) is 0 Å². The molecule has 0 bridgehead atoms. The van der Waals surface area contributed by atoms with Crippen molar-refractivity contribution in [1.82, 2.24) is 4.90 Å². The summed E-state index contributed by atoms with van der Waals surface area (Å²) in [4.78, 5) is 2.36. The second kappa shape index (κ2) is 11.1. The SMILES string of the molecule is CCN(CC)CCOc1ccc([C@H](C)[C@@H](C)c2ccc(O)cc2)cc1.Cl. The summed E-state index contributed by atoms with van der Waals surface area (Å²) in [5.74, 6) is 2.03. The molecule has 0 aromatic heterocycles. The van der Waals surface area contributed by atoms with Gasteiger partial charge in [0.05, 0.1) is 0 Å². The monoisotopic (exact) mass is 377 g/mol. The molecule has 2 aromatic rings. The lowest BCUT2D eigenvalue weighted by Crippen LogP contribution is -2.27. The normalized spacial score (nSPS) is 13.1. The number of halogens is 1. The van der Waals surface area contributed by atoms with Gasteiger partial charge in [-0.15, -0.1) is 12.4 Å². The maximum absolute atomic E-state index is 9.44. The van der Waals surface area contributed by atoms with Crippen molar-refractivity contribution in [3.63, 3.8) is 0 Å². The van der Waals surface area contributed by atoms with Crippen molar-refractivity contribution >= 4 is 12.4 Å². The fraction of sp³-hybridized carbons (Fsp3) is 0.455. The van der Waals surface area contributed by atoms with Gasteiger partial charge >= 0.3 is 0 Å². The highest BCUT2D eigenvalue weighted by Gasteiger charge is 2.16. The van der Waals surface area contributed by atoms with Crippen LogP contribution in [0, 0.1) is 0 Å². The van der Waals surface area contributed by atoms with E-state index in [1.807, 2.05) is 12.1 Å². The molecule has 0 radical (unpaired) electrons. The Balaban J connectivity index is 0.00000338. The van der Waals surface area contributed by atoms with Gasteiger partial charge in [-0.3, -0.25) is 0 Å². The quantitative estimate of drug-likeness (QED) is 0.631. The first kappa shape index (κ1) is 22.3. The molecule has 0 saturated heterocycles. The highest BCUT2D eigenvalue weighted by atomic mass is 35.5. The summed E-state index contributed by atoms with van der Waals surface area (Å²) in [6.07, 6.45) is 0. The van der Waals surface area contributed by atoms with Gasteiger partial charge < -0.3 is 14.7 Å². The molecule has 144 valence electrons. The number of rotatable bonds is 9. The summed E-state index contributed by atoms with van der Waals surface area (Å²) in [6, 6.07) is 16.0. The third-order valence-corrected chi connectivity index (χ3v) is 5.15. The lowest BCUT2D eigenvalue weighted by Gasteiger charge is -2.21. The third kappa shape index (κ3) is 6.22. The second-order valence-electron chi connectivity index (χ2n) is 6.61. The van der Waals surface area contributed by atoms with Crippen LogP contribution < -0.4 is 4.74 Å². The van der Waals surface area contributed by atoms with Crippen LogP contribution in [0.5, 0.6) is 11.5 Å². The molecule has 0 saturated carbocycles. The minimum Gasteiger partial charge on any atom is -0.508 e. The molecule has 0 amide bonds. The van der Waals surface area contributed by atoms with Crippen molar-refractivity contribution in [2.45, 2.75) is 39.5 Å². The van der Waals surface area contributed by atoms with Gasteiger partial charge in [-0.25, -0.2) is 0 Å². The average Bonchev–Trinajstić information content (AvgIpc) is 2.65. The predicted molar refractivity (Wildman–Crippen MR) is 112 cm³/mol. The average molecular weight is 378 g/mol. The summed E-state index contributed by atoms with van der Waals surface area (Å²) in [5.41, 5.74) is 2.54. The Kier molecular flexibility index (Phi) is 9.53. The van der Waals surface area contributed by atoms with Gasteiger partial charge in [0, 0.05) is 6.54 Å².